The monoisotopic (exact) mass is 604 g/mol. The Morgan fingerprint density at radius 3 is 1.20 bits per heavy atom. The van der Waals surface area contributed by atoms with Crippen LogP contribution >= 0.6 is 0 Å². The highest BCUT2D eigenvalue weighted by molar-refractivity contribution is 5.47. The molecule has 242 valence electrons. The first kappa shape index (κ1) is 42.5. The van der Waals surface area contributed by atoms with Gasteiger partial charge in [-0.05, 0) is 37.5 Å². The molecule has 0 aliphatic heterocycles. The first-order chi connectivity index (χ1) is 21.2. The van der Waals surface area contributed by atoms with Crippen molar-refractivity contribution in [3.05, 3.63) is 127 Å². The van der Waals surface area contributed by atoms with Crippen LogP contribution in [0.25, 0.3) is 18.2 Å². The van der Waals surface area contributed by atoms with Gasteiger partial charge in [0.15, 0.2) is 0 Å². The summed E-state index contributed by atoms with van der Waals surface area (Å²) in [5.41, 5.74) is 4.82. The van der Waals surface area contributed by atoms with E-state index >= 15 is 0 Å². The number of benzene rings is 3. The lowest BCUT2D eigenvalue weighted by Gasteiger charge is -2.36. The first-order valence-electron chi connectivity index (χ1n) is 15.5. The molecule has 0 atom stereocenters. The fourth-order valence-corrected chi connectivity index (χ4v) is 3.80. The number of likely N-dealkylation sites (N-methyl/N-ethyl adjacent to an activating group) is 1. The zero-order valence-corrected chi connectivity index (χ0v) is 28.0. The van der Waals surface area contributed by atoms with E-state index in [1.54, 1.807) is 0 Å². The van der Waals surface area contributed by atoms with Gasteiger partial charge in [-0.3, -0.25) is 0 Å². The van der Waals surface area contributed by atoms with Crippen LogP contribution in [0.4, 0.5) is 0 Å². The maximum absolute atomic E-state index is 8.81. The molecule has 5 nitrogen and oxygen atoms in total. The average Bonchev–Trinajstić information content (AvgIpc) is 3.07. The summed E-state index contributed by atoms with van der Waals surface area (Å²) in [5, 5.41) is 26.4. The summed E-state index contributed by atoms with van der Waals surface area (Å²) in [6, 6.07) is 28.3. The minimum atomic E-state index is 0.105. The van der Waals surface area contributed by atoms with Gasteiger partial charge in [-0.2, -0.15) is 0 Å². The molecule has 0 saturated heterocycles. The Labute approximate surface area is 269 Å². The number of aliphatic hydroxyl groups is 3. The summed E-state index contributed by atoms with van der Waals surface area (Å²) in [4.78, 5) is 0. The Balaban J connectivity index is 0. The quantitative estimate of drug-likeness (QED) is 0.110. The van der Waals surface area contributed by atoms with E-state index in [-0.39, 0.29) is 19.8 Å². The van der Waals surface area contributed by atoms with Crippen LogP contribution in [0.5, 0.6) is 0 Å². The number of hydrogen-bond acceptors (Lipinski definition) is 3. The van der Waals surface area contributed by atoms with Crippen molar-refractivity contribution >= 4 is 24.9 Å². The molecular formula is C39H60N2O3+2. The van der Waals surface area contributed by atoms with Crippen molar-refractivity contribution in [2.45, 2.75) is 34.1 Å². The predicted octanol–water partition coefficient (Wildman–Crippen LogP) is 7.23. The lowest BCUT2D eigenvalue weighted by molar-refractivity contribution is -0.927. The molecule has 0 aromatic heterocycles. The third kappa shape index (κ3) is 22.9. The molecule has 0 radical (unpaired) electrons. The van der Waals surface area contributed by atoms with Crippen LogP contribution in [0.2, 0.25) is 0 Å². The number of nitrogens with zero attached hydrogens (tertiary/aromatic N) is 2. The third-order valence-electron chi connectivity index (χ3n) is 6.76. The van der Waals surface area contributed by atoms with E-state index in [4.69, 9.17) is 15.3 Å². The van der Waals surface area contributed by atoms with Gasteiger partial charge in [-0.15, -0.1) is 0 Å². The van der Waals surface area contributed by atoms with E-state index in [9.17, 15) is 0 Å². The van der Waals surface area contributed by atoms with Crippen molar-refractivity contribution in [1.29, 1.82) is 0 Å². The van der Waals surface area contributed by atoms with Gasteiger partial charge in [-0.1, -0.05) is 135 Å². The molecule has 3 aromatic rings. The molecule has 3 rings (SSSR count). The summed E-state index contributed by atoms with van der Waals surface area (Å²) in [6.45, 7) is 28.2. The van der Waals surface area contributed by atoms with Crippen molar-refractivity contribution < 1.29 is 24.4 Å². The maximum Gasteiger partial charge on any atom is 0.142 e. The van der Waals surface area contributed by atoms with Crippen LogP contribution in [0.1, 0.15) is 49.4 Å². The lowest BCUT2D eigenvalue weighted by atomic mass is 10.2. The topological polar surface area (TPSA) is 63.7 Å². The fourth-order valence-electron chi connectivity index (χ4n) is 3.80. The molecule has 0 aliphatic rings. The molecular weight excluding hydrogens is 544 g/mol. The molecule has 3 N–H and O–H groups in total. The van der Waals surface area contributed by atoms with Gasteiger partial charge in [0, 0.05) is 6.42 Å². The molecule has 5 heteroatoms. The molecule has 3 aromatic carbocycles. The highest BCUT2D eigenvalue weighted by Crippen LogP contribution is 2.05. The smallest absolute Gasteiger partial charge is 0.142 e. The summed E-state index contributed by atoms with van der Waals surface area (Å²) in [5.74, 6) is 0. The second-order valence-corrected chi connectivity index (χ2v) is 10.1. The third-order valence-corrected chi connectivity index (χ3v) is 6.76. The highest BCUT2D eigenvalue weighted by atomic mass is 16.3. The predicted molar refractivity (Wildman–Crippen MR) is 194 cm³/mol. The van der Waals surface area contributed by atoms with E-state index in [2.05, 4.69) is 76.1 Å². The minimum Gasteiger partial charge on any atom is -0.391 e. The Kier molecular flexibility index (Phi) is 28.5. The molecule has 0 amide bonds. The van der Waals surface area contributed by atoms with Crippen LogP contribution in [-0.4, -0.2) is 90.2 Å². The molecule has 0 aliphatic carbocycles. The SMILES string of the molecule is C=Cc1ccc(C)cc1.C=Cc1ccccc1.C=Cc1ccccc1.C=[N+](CC)CCC.CC[N+](CCO)(CCO)CCO. The zero-order chi connectivity index (χ0) is 33.5. The van der Waals surface area contributed by atoms with Gasteiger partial charge in [0.05, 0.1) is 26.4 Å². The van der Waals surface area contributed by atoms with Crippen molar-refractivity contribution in [2.75, 3.05) is 59.1 Å². The number of hydrogen-bond donors (Lipinski definition) is 3. The van der Waals surface area contributed by atoms with E-state index < -0.39 is 0 Å². The van der Waals surface area contributed by atoms with Gasteiger partial charge in [0.2, 0.25) is 0 Å². The van der Waals surface area contributed by atoms with E-state index in [1.165, 1.54) is 28.7 Å². The second kappa shape index (κ2) is 29.5. The Hall–Kier alpha value is -3.61. The van der Waals surface area contributed by atoms with Crippen molar-refractivity contribution in [2.24, 2.45) is 0 Å². The van der Waals surface area contributed by atoms with Crippen molar-refractivity contribution in [1.82, 2.24) is 0 Å². The van der Waals surface area contributed by atoms with E-state index in [0.717, 1.165) is 19.6 Å². The van der Waals surface area contributed by atoms with Crippen LogP contribution in [0, 0.1) is 6.92 Å². The minimum absolute atomic E-state index is 0.105. The molecule has 0 unspecified atom stereocenters. The first-order valence-corrected chi connectivity index (χ1v) is 15.5. The number of aryl methyl sites for hydroxylation is 1. The Bertz CT molecular complexity index is 1040. The lowest BCUT2D eigenvalue weighted by Crippen LogP contribution is -2.53. The van der Waals surface area contributed by atoms with Gasteiger partial charge >= 0.3 is 0 Å². The van der Waals surface area contributed by atoms with E-state index in [1.807, 2.05) is 85.8 Å². The molecule has 0 fully saturated rings. The number of quaternary nitrogens is 1. The summed E-state index contributed by atoms with van der Waals surface area (Å²) in [6.07, 6.45) is 6.72. The van der Waals surface area contributed by atoms with Crippen LogP contribution in [0.15, 0.2) is 105 Å². The van der Waals surface area contributed by atoms with Crippen LogP contribution < -0.4 is 0 Å². The molecule has 0 spiro atoms. The summed E-state index contributed by atoms with van der Waals surface area (Å²) >= 11 is 0. The number of rotatable bonds is 13. The fraction of sp³-hybridized carbons (Fsp3) is 0.359. The molecule has 44 heavy (non-hydrogen) atoms. The largest absolute Gasteiger partial charge is 0.391 e. The second-order valence-electron chi connectivity index (χ2n) is 10.1. The zero-order valence-electron chi connectivity index (χ0n) is 28.0. The summed E-state index contributed by atoms with van der Waals surface area (Å²) < 4.78 is 2.66. The highest BCUT2D eigenvalue weighted by Gasteiger charge is 2.22. The normalized spacial score (nSPS) is 9.61. The Morgan fingerprint density at radius 2 is 0.977 bits per heavy atom. The molecule has 0 saturated carbocycles. The Morgan fingerprint density at radius 1 is 0.614 bits per heavy atom. The molecule has 0 bridgehead atoms. The van der Waals surface area contributed by atoms with E-state index in [0.29, 0.717) is 24.1 Å². The molecule has 0 heterocycles. The van der Waals surface area contributed by atoms with Gasteiger partial charge < -0.3 is 19.8 Å². The average molecular weight is 605 g/mol. The van der Waals surface area contributed by atoms with Gasteiger partial charge in [0.1, 0.15) is 39.4 Å². The standard InChI is InChI=1S/C9H10.C8H20NO3.2C8H8.C6H14N/c1-3-9-6-4-8(2)5-7-9;1-2-9(3-6-10,4-7-11)5-8-12;2*1-2-8-6-4-3-5-7-8;1-4-6-7(3)5-2/h3-7H,1H2,2H3;10-12H,2-8H2,1H3;2*2-7H,1H2;3-6H2,1-2H3/q;+1;;;+1. The van der Waals surface area contributed by atoms with Gasteiger partial charge in [-0.25, -0.2) is 4.58 Å². The summed E-state index contributed by atoms with van der Waals surface area (Å²) in [7, 11) is 0. The van der Waals surface area contributed by atoms with Crippen molar-refractivity contribution in [3.8, 4) is 0 Å². The number of aliphatic hydroxyl groups excluding tert-OH is 3. The maximum atomic E-state index is 8.81. The van der Waals surface area contributed by atoms with Crippen molar-refractivity contribution in [3.63, 3.8) is 0 Å². The van der Waals surface area contributed by atoms with Crippen LogP contribution in [0.3, 0.4) is 0 Å². The van der Waals surface area contributed by atoms with Gasteiger partial charge in [0.25, 0.3) is 0 Å². The van der Waals surface area contributed by atoms with Crippen LogP contribution in [-0.2, 0) is 0 Å².